The molecule has 0 radical (unpaired) electrons. The second kappa shape index (κ2) is 7.77. The molecule has 8 nitrogen and oxygen atoms in total. The molecule has 4 rings (SSSR count). The highest BCUT2D eigenvalue weighted by Gasteiger charge is 2.21. The molecule has 0 atom stereocenters. The smallest absolute Gasteiger partial charge is 0.209 e. The predicted molar refractivity (Wildman–Crippen MR) is 111 cm³/mol. The Bertz CT molecular complexity index is 1260. The Morgan fingerprint density at radius 3 is 2.63 bits per heavy atom. The van der Waals surface area contributed by atoms with Crippen LogP contribution in [0.2, 0.25) is 0 Å². The Morgan fingerprint density at radius 2 is 1.97 bits per heavy atom. The summed E-state index contributed by atoms with van der Waals surface area (Å²) in [6.45, 7) is 2.23. The van der Waals surface area contributed by atoms with Crippen molar-refractivity contribution >= 4 is 28.6 Å². The summed E-state index contributed by atoms with van der Waals surface area (Å²) in [5.41, 5.74) is 8.76. The molecule has 2 heterocycles. The number of aromatic nitrogens is 4. The lowest BCUT2D eigenvalue weighted by atomic mass is 10.0. The van der Waals surface area contributed by atoms with Crippen LogP contribution in [0.25, 0.3) is 22.2 Å². The van der Waals surface area contributed by atoms with Gasteiger partial charge in [0, 0.05) is 12.1 Å². The molecule has 0 aliphatic rings. The molecular weight excluding hydrogens is 385 g/mol. The number of imidazole rings is 1. The lowest BCUT2D eigenvalue weighted by Gasteiger charge is -2.19. The summed E-state index contributed by atoms with van der Waals surface area (Å²) in [6.07, 6.45) is 1.28. The Balaban J connectivity index is 1.88. The van der Waals surface area contributed by atoms with Crippen LogP contribution >= 0.6 is 0 Å². The van der Waals surface area contributed by atoms with E-state index >= 15 is 0 Å². The minimum absolute atomic E-state index is 0.0766. The number of nitrogens with zero attached hydrogens (tertiary/aromatic N) is 5. The van der Waals surface area contributed by atoms with E-state index in [2.05, 4.69) is 19.9 Å². The molecule has 0 bridgehead atoms. The number of hydrogen-bond donors (Lipinski definition) is 3. The molecule has 0 aliphatic carbocycles. The van der Waals surface area contributed by atoms with Crippen LogP contribution in [0.5, 0.6) is 0 Å². The Morgan fingerprint density at radius 1 is 1.20 bits per heavy atom. The second-order valence-corrected chi connectivity index (χ2v) is 6.55. The molecule has 0 spiro atoms. The van der Waals surface area contributed by atoms with Crippen molar-refractivity contribution in [1.82, 2.24) is 19.9 Å². The van der Waals surface area contributed by atoms with E-state index in [-0.39, 0.29) is 18.0 Å². The van der Waals surface area contributed by atoms with Crippen molar-refractivity contribution in [2.45, 2.75) is 13.5 Å². The number of nitriles is 1. The molecule has 0 amide bonds. The number of nitrogens with one attached hydrogen (secondary N) is 1. The number of hydrogen-bond acceptors (Lipinski definition) is 7. The summed E-state index contributed by atoms with van der Waals surface area (Å²) >= 11 is 0. The van der Waals surface area contributed by atoms with Crippen LogP contribution in [0, 0.1) is 17.1 Å². The second-order valence-electron chi connectivity index (χ2n) is 6.55. The van der Waals surface area contributed by atoms with Crippen LogP contribution in [0.1, 0.15) is 18.1 Å². The highest BCUT2D eigenvalue weighted by Crippen LogP contribution is 2.34. The number of aliphatic hydroxyl groups is 1. The van der Waals surface area contributed by atoms with Gasteiger partial charge in [0.1, 0.15) is 35.1 Å². The van der Waals surface area contributed by atoms with Gasteiger partial charge in [0.2, 0.25) is 5.95 Å². The molecule has 150 valence electrons. The van der Waals surface area contributed by atoms with Gasteiger partial charge in [0.15, 0.2) is 5.82 Å². The SMILES string of the molecule is CCN(c1nc2c(-c3ccc(CO)cc3)c(F)ccc2[nH]1)c1ncnc(N)c1C#N. The first kappa shape index (κ1) is 19.3. The first-order chi connectivity index (χ1) is 14.6. The molecule has 30 heavy (non-hydrogen) atoms. The van der Waals surface area contributed by atoms with E-state index in [0.717, 1.165) is 5.56 Å². The first-order valence-corrected chi connectivity index (χ1v) is 9.23. The van der Waals surface area contributed by atoms with Crippen molar-refractivity contribution in [1.29, 1.82) is 5.26 Å². The van der Waals surface area contributed by atoms with E-state index in [9.17, 15) is 14.8 Å². The van der Waals surface area contributed by atoms with Gasteiger partial charge in [-0.2, -0.15) is 5.26 Å². The number of anilines is 3. The standard InChI is InChI=1S/C21H18FN7O/c1-2-29(20-14(9-23)19(24)25-11-26-20)21-27-16-8-7-15(22)17(18(16)28-21)13-5-3-12(10-30)4-6-13/h3-8,11,30H,2,10H2,1H3,(H,27,28)(H2,24,25,26). The fourth-order valence-electron chi connectivity index (χ4n) is 3.32. The number of benzene rings is 2. The maximum atomic E-state index is 14.8. The van der Waals surface area contributed by atoms with E-state index < -0.39 is 5.82 Å². The average Bonchev–Trinajstić information content (AvgIpc) is 3.18. The Labute approximate surface area is 171 Å². The van der Waals surface area contributed by atoms with E-state index in [1.54, 1.807) is 35.2 Å². The Hall–Kier alpha value is -4.03. The average molecular weight is 403 g/mol. The summed E-state index contributed by atoms with van der Waals surface area (Å²) < 4.78 is 14.8. The molecule has 0 saturated carbocycles. The van der Waals surface area contributed by atoms with Crippen LogP contribution < -0.4 is 10.6 Å². The fraction of sp³-hybridized carbons (Fsp3) is 0.143. The summed E-state index contributed by atoms with van der Waals surface area (Å²) in [4.78, 5) is 17.5. The maximum Gasteiger partial charge on any atom is 0.209 e. The van der Waals surface area contributed by atoms with E-state index in [4.69, 9.17) is 5.73 Å². The first-order valence-electron chi connectivity index (χ1n) is 9.23. The lowest BCUT2D eigenvalue weighted by molar-refractivity contribution is 0.282. The largest absolute Gasteiger partial charge is 0.392 e. The van der Waals surface area contributed by atoms with Gasteiger partial charge < -0.3 is 15.8 Å². The highest BCUT2D eigenvalue weighted by atomic mass is 19.1. The monoisotopic (exact) mass is 403 g/mol. The number of nitrogen functional groups attached to an aromatic ring is 1. The number of nitrogens with two attached hydrogens (primary N) is 1. The van der Waals surface area contributed by atoms with Gasteiger partial charge in [-0.3, -0.25) is 4.90 Å². The number of aromatic amines is 1. The fourth-order valence-corrected chi connectivity index (χ4v) is 3.32. The van der Waals surface area contributed by atoms with Crippen molar-refractivity contribution in [3.05, 3.63) is 59.7 Å². The molecule has 4 aromatic rings. The van der Waals surface area contributed by atoms with Gasteiger partial charge in [-0.1, -0.05) is 24.3 Å². The molecule has 2 aromatic carbocycles. The third kappa shape index (κ3) is 3.19. The number of rotatable bonds is 5. The van der Waals surface area contributed by atoms with Crippen molar-refractivity contribution < 1.29 is 9.50 Å². The minimum Gasteiger partial charge on any atom is -0.392 e. The molecule has 0 unspecified atom stereocenters. The van der Waals surface area contributed by atoms with Crippen molar-refractivity contribution in [2.24, 2.45) is 0 Å². The van der Waals surface area contributed by atoms with Crippen LogP contribution in [0.4, 0.5) is 22.0 Å². The quantitative estimate of drug-likeness (QED) is 0.466. The third-order valence-electron chi connectivity index (χ3n) is 4.81. The van der Waals surface area contributed by atoms with Crippen molar-refractivity contribution in [3.8, 4) is 17.2 Å². The number of fused-ring (bicyclic) bond motifs is 1. The van der Waals surface area contributed by atoms with E-state index in [1.807, 2.05) is 13.0 Å². The minimum atomic E-state index is -0.413. The van der Waals surface area contributed by atoms with Gasteiger partial charge in [-0.05, 0) is 30.2 Å². The normalized spacial score (nSPS) is 10.9. The van der Waals surface area contributed by atoms with Crippen molar-refractivity contribution in [2.75, 3.05) is 17.2 Å². The summed E-state index contributed by atoms with van der Waals surface area (Å²) in [7, 11) is 0. The van der Waals surface area contributed by atoms with Crippen LogP contribution in [0.15, 0.2) is 42.7 Å². The van der Waals surface area contributed by atoms with Gasteiger partial charge in [-0.25, -0.2) is 19.3 Å². The maximum absolute atomic E-state index is 14.8. The van der Waals surface area contributed by atoms with E-state index in [0.29, 0.717) is 40.5 Å². The molecule has 4 N–H and O–H groups in total. The van der Waals surface area contributed by atoms with Gasteiger partial charge in [-0.15, -0.1) is 0 Å². The molecule has 0 aliphatic heterocycles. The van der Waals surface area contributed by atoms with E-state index in [1.165, 1.54) is 12.4 Å². The summed E-state index contributed by atoms with van der Waals surface area (Å²) in [5, 5.41) is 18.7. The van der Waals surface area contributed by atoms with Crippen LogP contribution in [0.3, 0.4) is 0 Å². The third-order valence-corrected chi connectivity index (χ3v) is 4.81. The zero-order valence-corrected chi connectivity index (χ0v) is 16.1. The zero-order valence-electron chi connectivity index (χ0n) is 16.1. The number of H-pyrrole nitrogens is 1. The van der Waals surface area contributed by atoms with Crippen LogP contribution in [-0.4, -0.2) is 31.6 Å². The lowest BCUT2D eigenvalue weighted by Crippen LogP contribution is -2.20. The zero-order chi connectivity index (χ0) is 21.3. The van der Waals surface area contributed by atoms with Crippen LogP contribution in [-0.2, 0) is 6.61 Å². The summed E-state index contributed by atoms with van der Waals surface area (Å²) in [5.74, 6) is 0.388. The molecule has 0 saturated heterocycles. The predicted octanol–water partition coefficient (Wildman–Crippen LogP) is 3.26. The number of aliphatic hydroxyl groups excluding tert-OH is 1. The highest BCUT2D eigenvalue weighted by molar-refractivity contribution is 5.94. The topological polar surface area (TPSA) is 128 Å². The van der Waals surface area contributed by atoms with Gasteiger partial charge >= 0.3 is 0 Å². The molecule has 9 heteroatoms. The van der Waals surface area contributed by atoms with Crippen molar-refractivity contribution in [3.63, 3.8) is 0 Å². The van der Waals surface area contributed by atoms with Gasteiger partial charge in [0.05, 0.1) is 12.1 Å². The summed E-state index contributed by atoms with van der Waals surface area (Å²) in [6, 6.07) is 12.0. The Kier molecular flexibility index (Phi) is 5.00. The molecular formula is C21H18FN7O. The molecule has 2 aromatic heterocycles. The molecule has 0 fully saturated rings. The van der Waals surface area contributed by atoms with Gasteiger partial charge in [0.25, 0.3) is 0 Å². The number of halogens is 1.